The summed E-state index contributed by atoms with van der Waals surface area (Å²) in [7, 11) is -3.49. The van der Waals surface area contributed by atoms with Gasteiger partial charge in [-0.2, -0.15) is 4.31 Å². The van der Waals surface area contributed by atoms with Gasteiger partial charge < -0.3 is 10.6 Å². The van der Waals surface area contributed by atoms with Crippen LogP contribution in [0.2, 0.25) is 0 Å². The third-order valence-electron chi connectivity index (χ3n) is 5.36. The van der Waals surface area contributed by atoms with Crippen molar-refractivity contribution in [3.8, 4) is 0 Å². The van der Waals surface area contributed by atoms with Crippen molar-refractivity contribution in [2.75, 3.05) is 18.4 Å². The number of benzene rings is 2. The molecule has 0 radical (unpaired) electrons. The van der Waals surface area contributed by atoms with Gasteiger partial charge in [0.1, 0.15) is 0 Å². The summed E-state index contributed by atoms with van der Waals surface area (Å²) in [5.41, 5.74) is 2.60. The van der Waals surface area contributed by atoms with Crippen molar-refractivity contribution in [1.82, 2.24) is 9.62 Å². The number of sulfonamides is 1. The van der Waals surface area contributed by atoms with Crippen LogP contribution < -0.4 is 10.6 Å². The highest BCUT2D eigenvalue weighted by molar-refractivity contribution is 7.89. The summed E-state index contributed by atoms with van der Waals surface area (Å²) >= 11 is 5.21. The smallest absolute Gasteiger partial charge is 0.243 e. The first-order chi connectivity index (χ1) is 14.3. The minimum Gasteiger partial charge on any atom is -0.332 e. The molecule has 0 bridgehead atoms. The molecule has 1 aliphatic rings. The zero-order chi connectivity index (χ0) is 21.7. The van der Waals surface area contributed by atoms with Crippen LogP contribution in [0.5, 0.6) is 0 Å². The van der Waals surface area contributed by atoms with Gasteiger partial charge in [0.05, 0.1) is 11.3 Å². The number of rotatable bonds is 5. The molecule has 3 rings (SSSR count). The van der Waals surface area contributed by atoms with Crippen LogP contribution in [-0.4, -0.2) is 36.8 Å². The highest BCUT2D eigenvalue weighted by Crippen LogP contribution is 2.24. The first kappa shape index (κ1) is 22.4. The lowest BCUT2D eigenvalue weighted by Gasteiger charge is -2.29. The highest BCUT2D eigenvalue weighted by atomic mass is 32.2. The Balaban J connectivity index is 1.56. The summed E-state index contributed by atoms with van der Waals surface area (Å²) in [5, 5.41) is 5.76. The SMILES string of the molecule is Cc1ccccc1CC(=O)NC(=S)Nc1ccc(S(=O)(=O)N2CCC(C)CC2)cc1. The molecule has 1 amide bonds. The molecule has 8 heteroatoms. The normalized spacial score (nSPS) is 15.5. The van der Waals surface area contributed by atoms with Gasteiger partial charge in [-0.1, -0.05) is 31.2 Å². The molecule has 30 heavy (non-hydrogen) atoms. The van der Waals surface area contributed by atoms with E-state index in [1.165, 1.54) is 0 Å². The number of hydrogen-bond donors (Lipinski definition) is 2. The van der Waals surface area contributed by atoms with Crippen LogP contribution in [0.3, 0.4) is 0 Å². The summed E-state index contributed by atoms with van der Waals surface area (Å²) in [5.74, 6) is 0.352. The predicted octanol–water partition coefficient (Wildman–Crippen LogP) is 3.47. The summed E-state index contributed by atoms with van der Waals surface area (Å²) in [6.07, 6.45) is 2.00. The van der Waals surface area contributed by atoms with Gasteiger partial charge in [0.15, 0.2) is 5.11 Å². The van der Waals surface area contributed by atoms with Gasteiger partial charge in [0, 0.05) is 18.8 Å². The molecule has 2 aromatic rings. The quantitative estimate of drug-likeness (QED) is 0.689. The number of carbonyl (C=O) groups excluding carboxylic acids is 1. The Bertz CT molecular complexity index is 1010. The summed E-state index contributed by atoms with van der Waals surface area (Å²) < 4.78 is 27.1. The van der Waals surface area contributed by atoms with Gasteiger partial charge in [-0.05, 0) is 73.3 Å². The van der Waals surface area contributed by atoms with Crippen LogP contribution in [0.25, 0.3) is 0 Å². The Hall–Kier alpha value is -2.29. The molecule has 1 fully saturated rings. The van der Waals surface area contributed by atoms with E-state index in [0.29, 0.717) is 24.7 Å². The third kappa shape index (κ3) is 5.65. The van der Waals surface area contributed by atoms with Gasteiger partial charge in [-0.15, -0.1) is 0 Å². The molecular formula is C22H27N3O3S2. The average molecular weight is 446 g/mol. The minimum absolute atomic E-state index is 0.175. The fraction of sp³-hybridized carbons (Fsp3) is 0.364. The Labute approximate surface area is 183 Å². The molecule has 1 saturated heterocycles. The second kappa shape index (κ2) is 9.68. The number of thiocarbonyl (C=S) groups is 1. The molecule has 0 unspecified atom stereocenters. The maximum Gasteiger partial charge on any atom is 0.243 e. The summed E-state index contributed by atoms with van der Waals surface area (Å²) in [6.45, 7) is 5.22. The van der Waals surface area contributed by atoms with E-state index < -0.39 is 10.0 Å². The molecule has 160 valence electrons. The maximum absolute atomic E-state index is 12.8. The Morgan fingerprint density at radius 3 is 2.37 bits per heavy atom. The molecule has 2 N–H and O–H groups in total. The van der Waals surface area contributed by atoms with Crippen molar-refractivity contribution >= 4 is 38.9 Å². The number of aryl methyl sites for hydroxylation is 1. The largest absolute Gasteiger partial charge is 0.332 e. The van der Waals surface area contributed by atoms with E-state index in [2.05, 4.69) is 17.6 Å². The molecule has 0 spiro atoms. The van der Waals surface area contributed by atoms with Crippen LogP contribution in [0.15, 0.2) is 53.4 Å². The summed E-state index contributed by atoms with van der Waals surface area (Å²) in [6, 6.07) is 14.1. The first-order valence-corrected chi connectivity index (χ1v) is 11.9. The molecule has 2 aromatic carbocycles. The van der Waals surface area contributed by atoms with Crippen LogP contribution in [0.1, 0.15) is 30.9 Å². The Kier molecular flexibility index (Phi) is 7.23. The Morgan fingerprint density at radius 1 is 1.10 bits per heavy atom. The van der Waals surface area contributed by atoms with Crippen LogP contribution in [-0.2, 0) is 21.2 Å². The molecular weight excluding hydrogens is 418 g/mol. The molecule has 0 aliphatic carbocycles. The van der Waals surface area contributed by atoms with Crippen LogP contribution in [0.4, 0.5) is 5.69 Å². The molecule has 1 heterocycles. The zero-order valence-corrected chi connectivity index (χ0v) is 18.9. The third-order valence-corrected chi connectivity index (χ3v) is 7.47. The minimum atomic E-state index is -3.49. The van der Waals surface area contributed by atoms with Crippen LogP contribution in [0, 0.1) is 12.8 Å². The van der Waals surface area contributed by atoms with Gasteiger partial charge in [0.25, 0.3) is 0 Å². The lowest BCUT2D eigenvalue weighted by Crippen LogP contribution is -2.37. The highest BCUT2D eigenvalue weighted by Gasteiger charge is 2.27. The molecule has 1 aliphatic heterocycles. The van der Waals surface area contributed by atoms with Crippen molar-refractivity contribution in [2.24, 2.45) is 5.92 Å². The Morgan fingerprint density at radius 2 is 1.73 bits per heavy atom. The molecule has 0 saturated carbocycles. The van der Waals surface area contributed by atoms with Crippen molar-refractivity contribution in [1.29, 1.82) is 0 Å². The van der Waals surface area contributed by atoms with Crippen LogP contribution >= 0.6 is 12.2 Å². The van der Waals surface area contributed by atoms with E-state index in [-0.39, 0.29) is 22.3 Å². The van der Waals surface area contributed by atoms with Gasteiger partial charge in [-0.25, -0.2) is 8.42 Å². The predicted molar refractivity (Wildman–Crippen MR) is 123 cm³/mol. The van der Waals surface area contributed by atoms with Crippen molar-refractivity contribution < 1.29 is 13.2 Å². The van der Waals surface area contributed by atoms with Gasteiger partial charge in [0.2, 0.25) is 15.9 Å². The van der Waals surface area contributed by atoms with Crippen molar-refractivity contribution in [2.45, 2.75) is 38.0 Å². The monoisotopic (exact) mass is 445 g/mol. The topological polar surface area (TPSA) is 78.5 Å². The van der Waals surface area contributed by atoms with Gasteiger partial charge >= 0.3 is 0 Å². The zero-order valence-electron chi connectivity index (χ0n) is 17.2. The van der Waals surface area contributed by atoms with E-state index in [0.717, 1.165) is 24.0 Å². The number of anilines is 1. The van der Waals surface area contributed by atoms with E-state index in [1.807, 2.05) is 31.2 Å². The lowest BCUT2D eigenvalue weighted by molar-refractivity contribution is -0.119. The van der Waals surface area contributed by atoms with Gasteiger partial charge in [-0.3, -0.25) is 4.79 Å². The second-order valence-corrected chi connectivity index (χ2v) is 10.1. The van der Waals surface area contributed by atoms with E-state index in [4.69, 9.17) is 12.2 Å². The standard InChI is InChI=1S/C22H27N3O3S2/c1-16-11-13-25(14-12-16)30(27,28)20-9-7-19(8-10-20)23-22(29)24-21(26)15-18-6-4-3-5-17(18)2/h3-10,16H,11-15H2,1-2H3,(H2,23,24,26,29). The number of nitrogens with one attached hydrogen (secondary N) is 2. The van der Waals surface area contributed by atoms with E-state index >= 15 is 0 Å². The molecule has 6 nitrogen and oxygen atoms in total. The molecule has 0 aromatic heterocycles. The number of piperidine rings is 1. The fourth-order valence-corrected chi connectivity index (χ4v) is 5.10. The fourth-order valence-electron chi connectivity index (χ4n) is 3.40. The number of hydrogen-bond acceptors (Lipinski definition) is 4. The van der Waals surface area contributed by atoms with Crippen molar-refractivity contribution in [3.05, 3.63) is 59.7 Å². The summed E-state index contributed by atoms with van der Waals surface area (Å²) in [4.78, 5) is 12.5. The molecule has 0 atom stereocenters. The van der Waals surface area contributed by atoms with E-state index in [1.54, 1.807) is 28.6 Å². The van der Waals surface area contributed by atoms with E-state index in [9.17, 15) is 13.2 Å². The second-order valence-electron chi connectivity index (χ2n) is 7.72. The number of amides is 1. The lowest BCUT2D eigenvalue weighted by atomic mass is 10.0. The first-order valence-electron chi connectivity index (χ1n) is 10.0. The maximum atomic E-state index is 12.8. The average Bonchev–Trinajstić information content (AvgIpc) is 2.70. The van der Waals surface area contributed by atoms with Crippen molar-refractivity contribution in [3.63, 3.8) is 0 Å². The number of carbonyl (C=O) groups is 1. The number of nitrogens with zero attached hydrogens (tertiary/aromatic N) is 1.